The fraction of sp³-hybridized carbons (Fsp3) is 0.444. The number of likely N-dealkylation sites (N-methyl/N-ethyl adjacent to an activating group) is 1. The van der Waals surface area contributed by atoms with Crippen molar-refractivity contribution in [2.75, 3.05) is 6.54 Å². The van der Waals surface area contributed by atoms with Gasteiger partial charge in [-0.05, 0) is 19.4 Å². The molecule has 0 saturated heterocycles. The lowest BCUT2D eigenvalue weighted by Crippen LogP contribution is -2.40. The zero-order valence-corrected chi connectivity index (χ0v) is 7.63. The molecule has 1 heterocycles. The van der Waals surface area contributed by atoms with Crippen LogP contribution < -0.4 is 0 Å². The van der Waals surface area contributed by atoms with E-state index in [1.54, 1.807) is 13.8 Å². The van der Waals surface area contributed by atoms with Gasteiger partial charge in [-0.1, -0.05) is 0 Å². The number of carbonyl (C=O) groups is 2. The van der Waals surface area contributed by atoms with Gasteiger partial charge in [0.15, 0.2) is 0 Å². The van der Waals surface area contributed by atoms with Crippen LogP contribution in [0.25, 0.3) is 0 Å². The van der Waals surface area contributed by atoms with Crippen molar-refractivity contribution >= 4 is 11.8 Å². The second-order valence-electron chi connectivity index (χ2n) is 2.89. The van der Waals surface area contributed by atoms with Gasteiger partial charge in [-0.15, -0.1) is 0 Å². The van der Waals surface area contributed by atoms with Crippen LogP contribution in [0.4, 0.5) is 0 Å². The van der Waals surface area contributed by atoms with Crippen molar-refractivity contribution in [3.05, 3.63) is 11.1 Å². The lowest BCUT2D eigenvalue weighted by atomic mass is 10.0. The van der Waals surface area contributed by atoms with Crippen LogP contribution in [0, 0.1) is 11.3 Å². The van der Waals surface area contributed by atoms with Crippen LogP contribution in [0.5, 0.6) is 0 Å². The molecule has 0 atom stereocenters. The fourth-order valence-electron chi connectivity index (χ4n) is 1.30. The van der Waals surface area contributed by atoms with Crippen molar-refractivity contribution in [2.24, 2.45) is 0 Å². The van der Waals surface area contributed by atoms with E-state index in [4.69, 9.17) is 5.26 Å². The maximum absolute atomic E-state index is 11.4. The van der Waals surface area contributed by atoms with Gasteiger partial charge < -0.3 is 0 Å². The molecular formula is C9H10N2O2. The number of hydrogen-bond acceptors (Lipinski definition) is 3. The molecule has 0 aromatic rings. The fourth-order valence-corrected chi connectivity index (χ4v) is 1.30. The highest BCUT2D eigenvalue weighted by Gasteiger charge is 2.29. The highest BCUT2D eigenvalue weighted by molar-refractivity contribution is 6.10. The van der Waals surface area contributed by atoms with Crippen LogP contribution in [-0.4, -0.2) is 23.3 Å². The lowest BCUT2D eigenvalue weighted by Gasteiger charge is -2.23. The standard InChI is InChI=1S/C9H10N2O2/c1-3-11-8(12)4-6(2)7(5-10)9(11)13/h3-4H2,1-2H3. The van der Waals surface area contributed by atoms with Crippen molar-refractivity contribution < 1.29 is 9.59 Å². The summed E-state index contributed by atoms with van der Waals surface area (Å²) >= 11 is 0. The Kier molecular flexibility index (Phi) is 2.47. The van der Waals surface area contributed by atoms with Crippen LogP contribution in [0.1, 0.15) is 20.3 Å². The Bertz CT molecular complexity index is 336. The number of carbonyl (C=O) groups excluding carboxylic acids is 2. The molecule has 4 heteroatoms. The van der Waals surface area contributed by atoms with Crippen molar-refractivity contribution in [3.8, 4) is 6.07 Å². The zero-order chi connectivity index (χ0) is 10.0. The molecular weight excluding hydrogens is 168 g/mol. The smallest absolute Gasteiger partial charge is 0.271 e. The summed E-state index contributed by atoms with van der Waals surface area (Å²) in [6.45, 7) is 3.68. The third kappa shape index (κ3) is 1.45. The molecule has 1 aliphatic heterocycles. The van der Waals surface area contributed by atoms with Crippen molar-refractivity contribution in [1.82, 2.24) is 4.90 Å². The Morgan fingerprint density at radius 3 is 2.62 bits per heavy atom. The van der Waals surface area contributed by atoms with Crippen molar-refractivity contribution in [3.63, 3.8) is 0 Å². The molecule has 0 unspecified atom stereocenters. The topological polar surface area (TPSA) is 61.2 Å². The molecule has 68 valence electrons. The van der Waals surface area contributed by atoms with E-state index in [1.165, 1.54) is 0 Å². The van der Waals surface area contributed by atoms with E-state index in [0.717, 1.165) is 4.90 Å². The molecule has 4 nitrogen and oxygen atoms in total. The molecule has 0 fully saturated rings. The van der Waals surface area contributed by atoms with Crippen molar-refractivity contribution in [2.45, 2.75) is 20.3 Å². The lowest BCUT2D eigenvalue weighted by molar-refractivity contribution is -0.142. The predicted molar refractivity (Wildman–Crippen MR) is 45.3 cm³/mol. The van der Waals surface area contributed by atoms with E-state index in [1.807, 2.05) is 6.07 Å². The van der Waals surface area contributed by atoms with E-state index in [9.17, 15) is 9.59 Å². The van der Waals surface area contributed by atoms with Gasteiger partial charge in [-0.3, -0.25) is 14.5 Å². The van der Waals surface area contributed by atoms with Gasteiger partial charge in [-0.25, -0.2) is 0 Å². The van der Waals surface area contributed by atoms with Gasteiger partial charge in [0, 0.05) is 13.0 Å². The summed E-state index contributed by atoms with van der Waals surface area (Å²) in [5, 5.41) is 8.66. The highest BCUT2D eigenvalue weighted by Crippen LogP contribution is 2.18. The quantitative estimate of drug-likeness (QED) is 0.552. The zero-order valence-electron chi connectivity index (χ0n) is 7.63. The molecule has 0 aliphatic carbocycles. The summed E-state index contributed by atoms with van der Waals surface area (Å²) in [5.74, 6) is -0.678. The summed E-state index contributed by atoms with van der Waals surface area (Å²) in [6, 6.07) is 1.82. The van der Waals surface area contributed by atoms with Crippen molar-refractivity contribution in [1.29, 1.82) is 5.26 Å². The first-order valence-corrected chi connectivity index (χ1v) is 4.06. The maximum Gasteiger partial charge on any atom is 0.271 e. The molecule has 13 heavy (non-hydrogen) atoms. The van der Waals surface area contributed by atoms with E-state index >= 15 is 0 Å². The second kappa shape index (κ2) is 3.40. The van der Waals surface area contributed by atoms with Gasteiger partial charge in [-0.2, -0.15) is 5.26 Å². The molecule has 0 saturated carbocycles. The van der Waals surface area contributed by atoms with E-state index < -0.39 is 5.91 Å². The molecule has 0 N–H and O–H groups in total. The molecule has 1 aliphatic rings. The number of imide groups is 1. The largest absolute Gasteiger partial charge is 0.278 e. The third-order valence-corrected chi connectivity index (χ3v) is 2.03. The Balaban J connectivity index is 3.12. The third-order valence-electron chi connectivity index (χ3n) is 2.03. The summed E-state index contributed by atoms with van der Waals surface area (Å²) in [6.07, 6.45) is 0.183. The monoisotopic (exact) mass is 178 g/mol. The number of hydrogen-bond donors (Lipinski definition) is 0. The number of rotatable bonds is 1. The van der Waals surface area contributed by atoms with Crippen LogP contribution in [0.3, 0.4) is 0 Å². The Labute approximate surface area is 76.4 Å². The van der Waals surface area contributed by atoms with Gasteiger partial charge in [0.25, 0.3) is 5.91 Å². The second-order valence-corrected chi connectivity index (χ2v) is 2.89. The Hall–Kier alpha value is -1.63. The SMILES string of the molecule is CCN1C(=O)CC(C)=C(C#N)C1=O. The van der Waals surface area contributed by atoms with Gasteiger partial charge in [0.2, 0.25) is 5.91 Å². The predicted octanol–water partition coefficient (Wildman–Crippen LogP) is 0.605. The first kappa shape index (κ1) is 9.46. The van der Waals surface area contributed by atoms with Crippen LogP contribution in [0.2, 0.25) is 0 Å². The first-order valence-electron chi connectivity index (χ1n) is 4.06. The maximum atomic E-state index is 11.4. The minimum atomic E-state index is -0.459. The average molecular weight is 178 g/mol. The summed E-state index contributed by atoms with van der Waals surface area (Å²) in [7, 11) is 0. The molecule has 0 aromatic carbocycles. The van der Waals surface area contributed by atoms with Gasteiger partial charge >= 0.3 is 0 Å². The van der Waals surface area contributed by atoms with Crippen LogP contribution >= 0.6 is 0 Å². The molecule has 0 aromatic heterocycles. The van der Waals surface area contributed by atoms with E-state index in [0.29, 0.717) is 12.1 Å². The highest BCUT2D eigenvalue weighted by atomic mass is 16.2. The van der Waals surface area contributed by atoms with Crippen LogP contribution in [0.15, 0.2) is 11.1 Å². The minimum Gasteiger partial charge on any atom is -0.278 e. The summed E-state index contributed by atoms with van der Waals surface area (Å²) < 4.78 is 0. The summed E-state index contributed by atoms with van der Waals surface area (Å²) in [5.41, 5.74) is 0.684. The molecule has 0 bridgehead atoms. The average Bonchev–Trinajstić information content (AvgIpc) is 2.04. The summed E-state index contributed by atoms with van der Waals surface area (Å²) in [4.78, 5) is 23.8. The minimum absolute atomic E-state index is 0.112. The van der Waals surface area contributed by atoms with E-state index in [2.05, 4.69) is 0 Å². The first-order chi connectivity index (χ1) is 6.11. The molecule has 0 radical (unpaired) electrons. The number of nitrogens with zero attached hydrogens (tertiary/aromatic N) is 2. The normalized spacial score (nSPS) is 17.8. The van der Waals surface area contributed by atoms with Gasteiger partial charge in [0.1, 0.15) is 11.6 Å². The Morgan fingerprint density at radius 2 is 2.15 bits per heavy atom. The van der Waals surface area contributed by atoms with Gasteiger partial charge in [0.05, 0.1) is 0 Å². The molecule has 1 rings (SSSR count). The van der Waals surface area contributed by atoms with Crippen LogP contribution in [-0.2, 0) is 9.59 Å². The Morgan fingerprint density at radius 1 is 1.54 bits per heavy atom. The number of amides is 2. The van der Waals surface area contributed by atoms with E-state index in [-0.39, 0.29) is 17.9 Å². The number of nitriles is 1. The molecule has 2 amide bonds. The molecule has 0 spiro atoms.